The summed E-state index contributed by atoms with van der Waals surface area (Å²) < 4.78 is 40.3. The summed E-state index contributed by atoms with van der Waals surface area (Å²) in [6, 6.07) is 0. The molecule has 5 rings (SSSR count). The highest BCUT2D eigenvalue weighted by molar-refractivity contribution is 7.81. The zero-order valence-corrected chi connectivity index (χ0v) is 21.2. The van der Waals surface area contributed by atoms with Crippen LogP contribution in [0.1, 0.15) is 64.7 Å². The van der Waals surface area contributed by atoms with Gasteiger partial charge in [-0.2, -0.15) is 0 Å². The Morgan fingerprint density at radius 2 is 1.70 bits per heavy atom. The third kappa shape index (κ3) is 4.48. The van der Waals surface area contributed by atoms with E-state index in [-0.39, 0.29) is 17.3 Å². The van der Waals surface area contributed by atoms with E-state index in [2.05, 4.69) is 11.8 Å². The minimum atomic E-state index is -2.15. The molecule has 5 aliphatic rings. The van der Waals surface area contributed by atoms with Gasteiger partial charge in [0.1, 0.15) is 5.78 Å². The normalized spacial score (nSPS) is 45.3. The first-order valence-corrected chi connectivity index (χ1v) is 14.9. The fraction of sp³-hybridized carbons (Fsp3) is 0.962. The van der Waals surface area contributed by atoms with Gasteiger partial charge in [0.25, 0.3) is 0 Å². The lowest BCUT2D eigenvalue weighted by Gasteiger charge is -2.56. The number of hydrogen-bond donors (Lipinski definition) is 0. The van der Waals surface area contributed by atoms with Crippen molar-refractivity contribution < 1.29 is 17.8 Å². The van der Waals surface area contributed by atoms with E-state index in [9.17, 15) is 17.8 Å². The smallest absolute Gasteiger partial charge is 0.241 e. The molecule has 5 fully saturated rings. The van der Waals surface area contributed by atoms with Crippen LogP contribution in [0.5, 0.6) is 0 Å². The summed E-state index contributed by atoms with van der Waals surface area (Å²) >= 11 is 0. The van der Waals surface area contributed by atoms with Crippen LogP contribution < -0.4 is 0 Å². The molecule has 4 nitrogen and oxygen atoms in total. The molecule has 1 heterocycles. The van der Waals surface area contributed by atoms with Gasteiger partial charge in [-0.1, -0.05) is 6.92 Å². The van der Waals surface area contributed by atoms with E-state index < -0.39 is 17.4 Å². The van der Waals surface area contributed by atoms with Gasteiger partial charge in [0.15, 0.2) is 0 Å². The van der Waals surface area contributed by atoms with E-state index in [0.29, 0.717) is 48.3 Å². The van der Waals surface area contributed by atoms with E-state index in [0.717, 1.165) is 58.3 Å². The van der Waals surface area contributed by atoms with Crippen molar-refractivity contribution in [2.45, 2.75) is 71.1 Å². The van der Waals surface area contributed by atoms with Crippen LogP contribution >= 0.6 is 0 Å². The molecule has 0 radical (unpaired) electrons. The summed E-state index contributed by atoms with van der Waals surface area (Å²) in [6.07, 6.45) is 8.90. The summed E-state index contributed by atoms with van der Waals surface area (Å²) in [5, 5.41) is 0. The number of piperazine rings is 1. The molecule has 1 aliphatic heterocycles. The maximum Gasteiger partial charge on any atom is 0.241 e. The van der Waals surface area contributed by atoms with Gasteiger partial charge in [-0.25, -0.2) is 17.3 Å². The van der Waals surface area contributed by atoms with Crippen molar-refractivity contribution in [3.8, 4) is 0 Å². The predicted molar refractivity (Wildman–Crippen MR) is 127 cm³/mol. The van der Waals surface area contributed by atoms with Crippen molar-refractivity contribution in [2.24, 2.45) is 46.8 Å². The molecular formula is C26H42F2N2O2S. The molecule has 1 saturated heterocycles. The summed E-state index contributed by atoms with van der Waals surface area (Å²) in [5.74, 6) is 3.44. The molecule has 188 valence electrons. The van der Waals surface area contributed by atoms with Gasteiger partial charge in [-0.05, 0) is 92.8 Å². The van der Waals surface area contributed by atoms with Crippen molar-refractivity contribution in [3.05, 3.63) is 0 Å². The van der Waals surface area contributed by atoms with Gasteiger partial charge in [-0.15, -0.1) is 0 Å². The van der Waals surface area contributed by atoms with Crippen molar-refractivity contribution in [2.75, 3.05) is 39.0 Å². The fourth-order valence-electron chi connectivity index (χ4n) is 9.12. The number of carbonyl (C=O) groups is 1. The summed E-state index contributed by atoms with van der Waals surface area (Å²) in [4.78, 5) is 15.8. The van der Waals surface area contributed by atoms with Crippen LogP contribution in [0.3, 0.4) is 0 Å². The van der Waals surface area contributed by atoms with Gasteiger partial charge in [0.2, 0.25) is 6.43 Å². The average molecular weight is 485 g/mol. The number of carbonyl (C=O) groups excluding carboxylic acids is 1. The number of nitrogens with zero attached hydrogens (tertiary/aromatic N) is 2. The number of rotatable bonds is 5. The number of Topliss-reactive ketones (excluding diaryl/α,β-unsaturated/α-hetero) is 1. The molecule has 0 aromatic carbocycles. The highest BCUT2D eigenvalue weighted by atomic mass is 32.2. The van der Waals surface area contributed by atoms with Crippen LogP contribution in [-0.2, 0) is 15.8 Å². The molecule has 0 aromatic rings. The molecule has 4 saturated carbocycles. The van der Waals surface area contributed by atoms with Crippen LogP contribution in [-0.4, -0.2) is 64.6 Å². The van der Waals surface area contributed by atoms with Crippen LogP contribution in [0.25, 0.3) is 0 Å². The molecule has 0 spiro atoms. The quantitative estimate of drug-likeness (QED) is 0.572. The molecule has 0 bridgehead atoms. The van der Waals surface area contributed by atoms with Crippen LogP contribution in [0.2, 0.25) is 0 Å². The Labute approximate surface area is 200 Å². The van der Waals surface area contributed by atoms with Crippen LogP contribution in [0.4, 0.5) is 8.78 Å². The third-order valence-electron chi connectivity index (χ3n) is 10.8. The van der Waals surface area contributed by atoms with Crippen molar-refractivity contribution in [3.63, 3.8) is 0 Å². The maximum absolute atomic E-state index is 13.5. The molecular weight excluding hydrogens is 442 g/mol. The minimum absolute atomic E-state index is 0.123. The zero-order valence-electron chi connectivity index (χ0n) is 20.4. The summed E-state index contributed by atoms with van der Waals surface area (Å²) in [7, 11) is -0.921. The molecule has 7 heteroatoms. The first-order valence-electron chi connectivity index (χ1n) is 13.4. The Balaban J connectivity index is 1.21. The lowest BCUT2D eigenvalue weighted by atomic mass is 9.49. The van der Waals surface area contributed by atoms with Gasteiger partial charge in [-0.3, -0.25) is 9.69 Å². The molecule has 0 amide bonds. The lowest BCUT2D eigenvalue weighted by molar-refractivity contribution is -0.132. The van der Waals surface area contributed by atoms with Gasteiger partial charge >= 0.3 is 0 Å². The Morgan fingerprint density at radius 3 is 2.39 bits per heavy atom. The van der Waals surface area contributed by atoms with E-state index in [1.165, 1.54) is 19.3 Å². The summed E-state index contributed by atoms with van der Waals surface area (Å²) in [6.45, 7) is 6.16. The van der Waals surface area contributed by atoms with Gasteiger partial charge < -0.3 is 0 Å². The number of halogens is 2. The highest BCUT2D eigenvalue weighted by Gasteiger charge is 2.58. The predicted octanol–water partition coefficient (Wildman–Crippen LogP) is 4.62. The topological polar surface area (TPSA) is 40.6 Å². The Hall–Kier alpha value is -0.400. The number of alkyl halides is 2. The maximum atomic E-state index is 13.5. The number of ketones is 1. The largest absolute Gasteiger partial charge is 0.298 e. The van der Waals surface area contributed by atoms with Gasteiger partial charge in [0.05, 0.1) is 17.5 Å². The van der Waals surface area contributed by atoms with Crippen molar-refractivity contribution in [1.82, 2.24) is 9.21 Å². The monoisotopic (exact) mass is 484 g/mol. The average Bonchev–Trinajstić information content (AvgIpc) is 3.16. The molecule has 0 aromatic heterocycles. The lowest BCUT2D eigenvalue weighted by Crippen LogP contribution is -2.51. The van der Waals surface area contributed by atoms with Crippen molar-refractivity contribution in [1.29, 1.82) is 0 Å². The van der Waals surface area contributed by atoms with Crippen molar-refractivity contribution >= 4 is 16.8 Å². The number of hydrogen-bond acceptors (Lipinski definition) is 3. The molecule has 9 atom stereocenters. The second-order valence-corrected chi connectivity index (χ2v) is 13.5. The highest BCUT2D eigenvalue weighted by Crippen LogP contribution is 2.64. The second kappa shape index (κ2) is 9.57. The Morgan fingerprint density at radius 1 is 0.970 bits per heavy atom. The Kier molecular flexibility index (Phi) is 7.05. The Bertz CT molecular complexity index is 759. The molecule has 33 heavy (non-hydrogen) atoms. The SMILES string of the molecule is CS(=O)N1CCN(CC(=O)C2CCC3C4CCC5CC(C(F)F)CCC5C4CCC23C)CC1. The van der Waals surface area contributed by atoms with Crippen LogP contribution in [0.15, 0.2) is 0 Å². The molecule has 0 N–H and O–H groups in total. The van der Waals surface area contributed by atoms with E-state index >= 15 is 0 Å². The molecule has 9 unspecified atom stereocenters. The van der Waals surface area contributed by atoms with Gasteiger partial charge in [0, 0.05) is 44.3 Å². The standard InChI is InChI=1S/C26H42F2N2O2S/c1-26-10-9-20-19-5-4-18(25(27)28)15-17(19)3-6-21(20)22(26)7-8-23(26)24(31)16-29-11-13-30(14-12-29)33(2)32/h17-23,25H,3-16H2,1-2H3. The first kappa shape index (κ1) is 24.3. The molecule has 4 aliphatic carbocycles. The summed E-state index contributed by atoms with van der Waals surface area (Å²) in [5.41, 5.74) is 0.123. The minimum Gasteiger partial charge on any atom is -0.298 e. The zero-order chi connectivity index (χ0) is 23.3. The number of fused-ring (bicyclic) bond motifs is 5. The van der Waals surface area contributed by atoms with E-state index in [4.69, 9.17) is 0 Å². The third-order valence-corrected chi connectivity index (χ3v) is 11.9. The fourth-order valence-corrected chi connectivity index (χ4v) is 9.80. The van der Waals surface area contributed by atoms with Crippen LogP contribution in [0, 0.1) is 46.8 Å². The van der Waals surface area contributed by atoms with E-state index in [1.54, 1.807) is 6.26 Å². The first-order chi connectivity index (χ1) is 15.8. The second-order valence-electron chi connectivity index (χ2n) is 12.1. The van der Waals surface area contributed by atoms with E-state index in [1.807, 2.05) is 4.31 Å².